The van der Waals surface area contributed by atoms with Gasteiger partial charge < -0.3 is 10.2 Å². The predicted octanol–water partition coefficient (Wildman–Crippen LogP) is 1.58. The number of anilines is 1. The minimum absolute atomic E-state index is 0.713. The van der Waals surface area contributed by atoms with Crippen LogP contribution in [0, 0.1) is 0 Å². The van der Waals surface area contributed by atoms with Gasteiger partial charge in [0.05, 0.1) is 0 Å². The summed E-state index contributed by atoms with van der Waals surface area (Å²) in [5.74, 6) is 0.713. The molecule has 2 heterocycles. The molecule has 0 saturated carbocycles. The highest BCUT2D eigenvalue weighted by Crippen LogP contribution is 2.41. The second kappa shape index (κ2) is 2.99. The predicted molar refractivity (Wildman–Crippen MR) is 58.9 cm³/mol. The van der Waals surface area contributed by atoms with Gasteiger partial charge in [-0.1, -0.05) is 18.2 Å². The molecule has 0 amide bonds. The van der Waals surface area contributed by atoms with Crippen LogP contribution in [0.3, 0.4) is 0 Å². The number of benzene rings is 1. The minimum atomic E-state index is 0.713. The minimum Gasteiger partial charge on any atom is -0.371 e. The van der Waals surface area contributed by atoms with Crippen LogP contribution in [0.1, 0.15) is 17.9 Å². The van der Waals surface area contributed by atoms with E-state index in [-0.39, 0.29) is 0 Å². The molecular formula is C12H16N2. The zero-order valence-electron chi connectivity index (χ0n) is 8.53. The number of nitrogens with zero attached hydrogens (tertiary/aromatic N) is 1. The third kappa shape index (κ3) is 1.01. The molecule has 2 atom stereocenters. The molecule has 0 aromatic heterocycles. The Morgan fingerprint density at radius 3 is 3.14 bits per heavy atom. The molecule has 2 heteroatoms. The molecular weight excluding hydrogens is 172 g/mol. The maximum atomic E-state index is 3.49. The number of hydrogen-bond donors (Lipinski definition) is 1. The topological polar surface area (TPSA) is 15.3 Å². The maximum Gasteiger partial charge on any atom is 0.0403 e. The van der Waals surface area contributed by atoms with Crippen LogP contribution in [0.4, 0.5) is 5.69 Å². The fraction of sp³-hybridized carbons (Fsp3) is 0.500. The van der Waals surface area contributed by atoms with Gasteiger partial charge in [0.15, 0.2) is 0 Å². The first kappa shape index (κ1) is 8.30. The van der Waals surface area contributed by atoms with Crippen molar-refractivity contribution >= 4 is 5.69 Å². The first-order valence-corrected chi connectivity index (χ1v) is 5.40. The van der Waals surface area contributed by atoms with Gasteiger partial charge in [-0.2, -0.15) is 0 Å². The summed E-state index contributed by atoms with van der Waals surface area (Å²) in [6.07, 6.45) is 1.27. The average molecular weight is 188 g/mol. The molecule has 0 bridgehead atoms. The van der Waals surface area contributed by atoms with E-state index >= 15 is 0 Å². The van der Waals surface area contributed by atoms with E-state index in [2.05, 4.69) is 41.5 Å². The molecule has 74 valence electrons. The third-order valence-corrected chi connectivity index (χ3v) is 3.66. The highest BCUT2D eigenvalue weighted by molar-refractivity contribution is 5.61. The zero-order valence-corrected chi connectivity index (χ0v) is 8.53. The van der Waals surface area contributed by atoms with Crippen molar-refractivity contribution in [3.05, 3.63) is 29.8 Å². The largest absolute Gasteiger partial charge is 0.371 e. The van der Waals surface area contributed by atoms with Crippen molar-refractivity contribution in [3.63, 3.8) is 0 Å². The Morgan fingerprint density at radius 2 is 2.21 bits per heavy atom. The lowest BCUT2D eigenvalue weighted by molar-refractivity contribution is 0.413. The van der Waals surface area contributed by atoms with E-state index in [1.807, 2.05) is 0 Å². The van der Waals surface area contributed by atoms with Crippen LogP contribution in [0.5, 0.6) is 0 Å². The highest BCUT2D eigenvalue weighted by Gasteiger charge is 2.37. The summed E-state index contributed by atoms with van der Waals surface area (Å²) in [5.41, 5.74) is 2.97. The molecule has 2 nitrogen and oxygen atoms in total. The van der Waals surface area contributed by atoms with Crippen LogP contribution >= 0.6 is 0 Å². The fourth-order valence-corrected chi connectivity index (χ4v) is 2.93. The average Bonchev–Trinajstić information content (AvgIpc) is 2.55. The van der Waals surface area contributed by atoms with Gasteiger partial charge in [0.25, 0.3) is 0 Å². The van der Waals surface area contributed by atoms with Crippen molar-refractivity contribution < 1.29 is 0 Å². The SMILES string of the molecule is CN1c2ccccc2[C@@H]2CNCC[C@@H]21. The molecule has 14 heavy (non-hydrogen) atoms. The van der Waals surface area contributed by atoms with Crippen LogP contribution in [-0.4, -0.2) is 26.2 Å². The maximum absolute atomic E-state index is 3.49. The molecule has 0 radical (unpaired) electrons. The highest BCUT2D eigenvalue weighted by atomic mass is 15.2. The number of hydrogen-bond acceptors (Lipinski definition) is 2. The molecule has 2 aliphatic heterocycles. The third-order valence-electron chi connectivity index (χ3n) is 3.66. The molecule has 1 saturated heterocycles. The van der Waals surface area contributed by atoms with Gasteiger partial charge in [-0.05, 0) is 24.6 Å². The lowest BCUT2D eigenvalue weighted by Crippen LogP contribution is -2.42. The first-order valence-electron chi connectivity index (χ1n) is 5.40. The summed E-state index contributed by atoms with van der Waals surface area (Å²) >= 11 is 0. The molecule has 1 aromatic rings. The number of likely N-dealkylation sites (N-methyl/N-ethyl adjacent to an activating group) is 1. The quantitative estimate of drug-likeness (QED) is 0.665. The number of rotatable bonds is 0. The molecule has 3 rings (SSSR count). The second-order valence-electron chi connectivity index (χ2n) is 4.34. The van der Waals surface area contributed by atoms with Crippen molar-refractivity contribution in [1.82, 2.24) is 5.32 Å². The van der Waals surface area contributed by atoms with Crippen molar-refractivity contribution in [2.75, 3.05) is 25.0 Å². The molecule has 2 aliphatic rings. The van der Waals surface area contributed by atoms with E-state index in [4.69, 9.17) is 0 Å². The Morgan fingerprint density at radius 1 is 1.36 bits per heavy atom. The number of nitrogens with one attached hydrogen (secondary N) is 1. The normalized spacial score (nSPS) is 29.9. The van der Waals surface area contributed by atoms with Crippen LogP contribution in [0.15, 0.2) is 24.3 Å². The standard InChI is InChI=1S/C12H16N2/c1-14-11-5-3-2-4-9(11)10-8-13-7-6-12(10)14/h2-5,10,12-13H,6-8H2,1H3/t10-,12-/m0/s1. The van der Waals surface area contributed by atoms with Crippen LogP contribution in [-0.2, 0) is 0 Å². The van der Waals surface area contributed by atoms with Gasteiger partial charge >= 0.3 is 0 Å². The molecule has 1 N–H and O–H groups in total. The smallest absolute Gasteiger partial charge is 0.0403 e. The Bertz CT molecular complexity index is 348. The lowest BCUT2D eigenvalue weighted by Gasteiger charge is -2.31. The summed E-state index contributed by atoms with van der Waals surface area (Å²) in [6, 6.07) is 9.55. The summed E-state index contributed by atoms with van der Waals surface area (Å²) < 4.78 is 0. The summed E-state index contributed by atoms with van der Waals surface area (Å²) in [4.78, 5) is 2.46. The number of para-hydroxylation sites is 1. The van der Waals surface area contributed by atoms with Crippen LogP contribution < -0.4 is 10.2 Å². The van der Waals surface area contributed by atoms with Crippen molar-refractivity contribution in [1.29, 1.82) is 0 Å². The zero-order chi connectivity index (χ0) is 9.54. The Labute approximate surface area is 84.9 Å². The van der Waals surface area contributed by atoms with E-state index < -0.39 is 0 Å². The Kier molecular flexibility index (Phi) is 1.77. The molecule has 0 unspecified atom stereocenters. The van der Waals surface area contributed by atoms with Crippen LogP contribution in [0.2, 0.25) is 0 Å². The summed E-state index contributed by atoms with van der Waals surface area (Å²) in [7, 11) is 2.23. The molecule has 0 aliphatic carbocycles. The van der Waals surface area contributed by atoms with Crippen molar-refractivity contribution in [2.24, 2.45) is 0 Å². The number of piperidine rings is 1. The first-order chi connectivity index (χ1) is 6.88. The lowest BCUT2D eigenvalue weighted by atomic mass is 9.90. The van der Waals surface area contributed by atoms with Gasteiger partial charge in [0, 0.05) is 31.2 Å². The summed E-state index contributed by atoms with van der Waals surface area (Å²) in [6.45, 7) is 2.31. The van der Waals surface area contributed by atoms with E-state index in [9.17, 15) is 0 Å². The van der Waals surface area contributed by atoms with E-state index in [1.54, 1.807) is 0 Å². The van der Waals surface area contributed by atoms with Crippen LogP contribution in [0.25, 0.3) is 0 Å². The number of fused-ring (bicyclic) bond motifs is 3. The monoisotopic (exact) mass is 188 g/mol. The van der Waals surface area contributed by atoms with Crippen molar-refractivity contribution in [2.45, 2.75) is 18.4 Å². The second-order valence-corrected chi connectivity index (χ2v) is 4.34. The van der Waals surface area contributed by atoms with Gasteiger partial charge in [-0.15, -0.1) is 0 Å². The van der Waals surface area contributed by atoms with Crippen molar-refractivity contribution in [3.8, 4) is 0 Å². The van der Waals surface area contributed by atoms with Gasteiger partial charge in [-0.25, -0.2) is 0 Å². The molecule has 0 spiro atoms. The molecule has 1 fully saturated rings. The van der Waals surface area contributed by atoms with Gasteiger partial charge in [0.2, 0.25) is 0 Å². The van der Waals surface area contributed by atoms with Gasteiger partial charge in [0.1, 0.15) is 0 Å². The van der Waals surface area contributed by atoms with E-state index in [0.717, 1.165) is 12.6 Å². The van der Waals surface area contributed by atoms with E-state index in [1.165, 1.54) is 24.2 Å². The summed E-state index contributed by atoms with van der Waals surface area (Å²) in [5, 5.41) is 3.49. The Balaban J connectivity index is 2.06. The fourth-order valence-electron chi connectivity index (χ4n) is 2.93. The van der Waals surface area contributed by atoms with E-state index in [0.29, 0.717) is 5.92 Å². The molecule has 1 aromatic carbocycles. The Hall–Kier alpha value is -1.02. The van der Waals surface area contributed by atoms with Gasteiger partial charge in [-0.3, -0.25) is 0 Å².